The summed E-state index contributed by atoms with van der Waals surface area (Å²) in [5, 5.41) is 2.67. The number of anilines is 1. The highest BCUT2D eigenvalue weighted by molar-refractivity contribution is 5.75. The molecule has 0 radical (unpaired) electrons. The van der Waals surface area contributed by atoms with Crippen LogP contribution in [0.3, 0.4) is 0 Å². The van der Waals surface area contributed by atoms with Gasteiger partial charge in [0.1, 0.15) is 0 Å². The molecule has 0 unspecified atom stereocenters. The van der Waals surface area contributed by atoms with Crippen LogP contribution in [0.4, 0.5) is 5.69 Å². The second kappa shape index (κ2) is 6.57. The molecule has 0 saturated heterocycles. The lowest BCUT2D eigenvalue weighted by molar-refractivity contribution is -0.120. The van der Waals surface area contributed by atoms with E-state index in [0.29, 0.717) is 19.0 Å². The third-order valence-electron chi connectivity index (χ3n) is 3.57. The Morgan fingerprint density at radius 1 is 1.37 bits per heavy atom. The van der Waals surface area contributed by atoms with Gasteiger partial charge in [0.2, 0.25) is 5.91 Å². The van der Waals surface area contributed by atoms with Crippen molar-refractivity contribution in [3.8, 4) is 0 Å². The number of rotatable bonds is 7. The third-order valence-corrected chi connectivity index (χ3v) is 3.57. The number of nitrogens with zero attached hydrogens (tertiary/aromatic N) is 1. The standard InChI is InChI=1S/C15H23N3O/c1-17-15(19)3-2-10-18(14-8-9-14)13-6-4-12(11-16)5-7-13/h4-7,14H,2-3,8-11,16H2,1H3,(H,17,19). The quantitative estimate of drug-likeness (QED) is 0.784. The first-order valence-corrected chi connectivity index (χ1v) is 7.01. The van der Waals surface area contributed by atoms with Crippen LogP contribution in [-0.2, 0) is 11.3 Å². The molecule has 4 nitrogen and oxygen atoms in total. The summed E-state index contributed by atoms with van der Waals surface area (Å²) in [6, 6.07) is 9.11. The Morgan fingerprint density at radius 3 is 2.58 bits per heavy atom. The molecular formula is C15H23N3O. The van der Waals surface area contributed by atoms with E-state index in [2.05, 4.69) is 34.5 Å². The van der Waals surface area contributed by atoms with Crippen LogP contribution in [0.2, 0.25) is 0 Å². The van der Waals surface area contributed by atoms with Crippen LogP contribution in [0.1, 0.15) is 31.2 Å². The first kappa shape index (κ1) is 13.9. The Labute approximate surface area is 115 Å². The fourth-order valence-corrected chi connectivity index (χ4v) is 2.27. The number of nitrogens with two attached hydrogens (primary N) is 1. The summed E-state index contributed by atoms with van der Waals surface area (Å²) >= 11 is 0. The summed E-state index contributed by atoms with van der Waals surface area (Å²) in [7, 11) is 1.69. The molecule has 2 rings (SSSR count). The van der Waals surface area contributed by atoms with Gasteiger partial charge in [-0.1, -0.05) is 12.1 Å². The van der Waals surface area contributed by atoms with Gasteiger partial charge in [-0.05, 0) is 37.0 Å². The van der Waals surface area contributed by atoms with Gasteiger partial charge in [0, 0.05) is 38.3 Å². The Balaban J connectivity index is 1.93. The number of amides is 1. The lowest BCUT2D eigenvalue weighted by Crippen LogP contribution is -2.28. The van der Waals surface area contributed by atoms with Gasteiger partial charge in [-0.25, -0.2) is 0 Å². The Morgan fingerprint density at radius 2 is 2.05 bits per heavy atom. The average Bonchev–Trinajstić information content (AvgIpc) is 3.28. The van der Waals surface area contributed by atoms with Crippen LogP contribution in [0, 0.1) is 0 Å². The molecule has 0 spiro atoms. The molecule has 1 amide bonds. The predicted molar refractivity (Wildman–Crippen MR) is 78.0 cm³/mol. The van der Waals surface area contributed by atoms with Crippen molar-refractivity contribution in [1.29, 1.82) is 0 Å². The maximum atomic E-state index is 11.3. The second-order valence-electron chi connectivity index (χ2n) is 5.07. The van der Waals surface area contributed by atoms with E-state index < -0.39 is 0 Å². The number of carbonyl (C=O) groups is 1. The summed E-state index contributed by atoms with van der Waals surface area (Å²) in [4.78, 5) is 13.7. The third kappa shape index (κ3) is 3.96. The molecule has 1 fully saturated rings. The van der Waals surface area contributed by atoms with Crippen LogP contribution in [0.25, 0.3) is 0 Å². The first-order valence-electron chi connectivity index (χ1n) is 7.01. The van der Waals surface area contributed by atoms with E-state index in [1.807, 2.05) is 0 Å². The average molecular weight is 261 g/mol. The van der Waals surface area contributed by atoms with E-state index in [1.165, 1.54) is 18.5 Å². The minimum atomic E-state index is 0.120. The van der Waals surface area contributed by atoms with Crippen molar-refractivity contribution >= 4 is 11.6 Å². The molecule has 0 atom stereocenters. The van der Waals surface area contributed by atoms with Crippen molar-refractivity contribution in [1.82, 2.24) is 5.32 Å². The van der Waals surface area contributed by atoms with Crippen molar-refractivity contribution in [3.63, 3.8) is 0 Å². The summed E-state index contributed by atoms with van der Waals surface area (Å²) in [6.45, 7) is 1.53. The lowest BCUT2D eigenvalue weighted by atomic mass is 10.2. The zero-order valence-corrected chi connectivity index (χ0v) is 11.6. The number of carbonyl (C=O) groups excluding carboxylic acids is 1. The van der Waals surface area contributed by atoms with Crippen molar-refractivity contribution in [2.24, 2.45) is 5.73 Å². The van der Waals surface area contributed by atoms with Gasteiger partial charge in [-0.2, -0.15) is 0 Å². The molecule has 0 bridgehead atoms. The van der Waals surface area contributed by atoms with Gasteiger partial charge in [0.05, 0.1) is 0 Å². The fourth-order valence-electron chi connectivity index (χ4n) is 2.27. The molecule has 1 aliphatic rings. The number of nitrogens with one attached hydrogen (secondary N) is 1. The zero-order chi connectivity index (χ0) is 13.7. The van der Waals surface area contributed by atoms with E-state index >= 15 is 0 Å². The predicted octanol–water partition coefficient (Wildman–Crippen LogP) is 1.64. The Bertz CT molecular complexity index is 412. The van der Waals surface area contributed by atoms with Gasteiger partial charge in [0.25, 0.3) is 0 Å². The molecule has 1 aromatic carbocycles. The van der Waals surface area contributed by atoms with E-state index in [4.69, 9.17) is 5.73 Å². The van der Waals surface area contributed by atoms with Crippen LogP contribution in [-0.4, -0.2) is 25.5 Å². The van der Waals surface area contributed by atoms with Gasteiger partial charge in [0.15, 0.2) is 0 Å². The van der Waals surface area contributed by atoms with Gasteiger partial charge in [-0.3, -0.25) is 4.79 Å². The van der Waals surface area contributed by atoms with Gasteiger partial charge >= 0.3 is 0 Å². The molecule has 1 saturated carbocycles. The number of benzene rings is 1. The van der Waals surface area contributed by atoms with E-state index in [9.17, 15) is 4.79 Å². The van der Waals surface area contributed by atoms with Crippen LogP contribution >= 0.6 is 0 Å². The van der Waals surface area contributed by atoms with Crippen molar-refractivity contribution in [2.75, 3.05) is 18.5 Å². The minimum Gasteiger partial charge on any atom is -0.369 e. The summed E-state index contributed by atoms with van der Waals surface area (Å²) < 4.78 is 0. The molecule has 19 heavy (non-hydrogen) atoms. The monoisotopic (exact) mass is 261 g/mol. The molecule has 1 aliphatic carbocycles. The minimum absolute atomic E-state index is 0.120. The maximum absolute atomic E-state index is 11.3. The van der Waals surface area contributed by atoms with Crippen molar-refractivity contribution in [3.05, 3.63) is 29.8 Å². The van der Waals surface area contributed by atoms with Crippen LogP contribution in [0.5, 0.6) is 0 Å². The molecule has 0 aromatic heterocycles. The van der Waals surface area contributed by atoms with Gasteiger partial charge < -0.3 is 16.0 Å². The summed E-state index contributed by atoms with van der Waals surface area (Å²) in [5.74, 6) is 0.120. The highest BCUT2D eigenvalue weighted by Crippen LogP contribution is 2.32. The Kier molecular flexibility index (Phi) is 4.80. The lowest BCUT2D eigenvalue weighted by Gasteiger charge is -2.24. The second-order valence-corrected chi connectivity index (χ2v) is 5.07. The topological polar surface area (TPSA) is 58.4 Å². The van der Waals surface area contributed by atoms with E-state index in [-0.39, 0.29) is 5.91 Å². The molecule has 0 heterocycles. The SMILES string of the molecule is CNC(=O)CCCN(c1ccc(CN)cc1)C1CC1. The molecular weight excluding hydrogens is 238 g/mol. The largest absolute Gasteiger partial charge is 0.369 e. The molecule has 3 N–H and O–H groups in total. The first-order chi connectivity index (χ1) is 9.24. The molecule has 0 aliphatic heterocycles. The van der Waals surface area contributed by atoms with Crippen molar-refractivity contribution < 1.29 is 4.79 Å². The normalized spacial score (nSPS) is 14.2. The van der Waals surface area contributed by atoms with Crippen LogP contribution < -0.4 is 16.0 Å². The van der Waals surface area contributed by atoms with Gasteiger partial charge in [-0.15, -0.1) is 0 Å². The number of hydrogen-bond acceptors (Lipinski definition) is 3. The summed E-state index contributed by atoms with van der Waals surface area (Å²) in [5.41, 5.74) is 8.02. The Hall–Kier alpha value is -1.55. The molecule has 104 valence electrons. The molecule has 1 aromatic rings. The maximum Gasteiger partial charge on any atom is 0.219 e. The van der Waals surface area contributed by atoms with E-state index in [0.717, 1.165) is 18.5 Å². The smallest absolute Gasteiger partial charge is 0.219 e. The molecule has 4 heteroatoms. The highest BCUT2D eigenvalue weighted by atomic mass is 16.1. The fraction of sp³-hybridized carbons (Fsp3) is 0.533. The number of hydrogen-bond donors (Lipinski definition) is 2. The summed E-state index contributed by atoms with van der Waals surface area (Å²) in [6.07, 6.45) is 4.02. The van der Waals surface area contributed by atoms with Crippen LogP contribution in [0.15, 0.2) is 24.3 Å². The van der Waals surface area contributed by atoms with Crippen molar-refractivity contribution in [2.45, 2.75) is 38.3 Å². The zero-order valence-electron chi connectivity index (χ0n) is 11.6. The van der Waals surface area contributed by atoms with E-state index in [1.54, 1.807) is 7.05 Å². The highest BCUT2D eigenvalue weighted by Gasteiger charge is 2.28.